The Hall–Kier alpha value is -3.82. The Balaban J connectivity index is 1.04. The van der Waals surface area contributed by atoms with Crippen molar-refractivity contribution in [3.8, 4) is 0 Å². The summed E-state index contributed by atoms with van der Waals surface area (Å²) in [5.41, 5.74) is 3.24. The second kappa shape index (κ2) is 10.7. The molecular formula is C28H29N7OS. The molecule has 0 spiro atoms. The fraction of sp³-hybridized carbons (Fsp3) is 0.286. The van der Waals surface area contributed by atoms with Gasteiger partial charge in [0, 0.05) is 30.2 Å². The highest BCUT2D eigenvalue weighted by Gasteiger charge is 2.22. The molecule has 3 N–H and O–H groups in total. The lowest BCUT2D eigenvalue weighted by atomic mass is 10.0. The second-order valence-corrected chi connectivity index (χ2v) is 10.6. The van der Waals surface area contributed by atoms with Gasteiger partial charge in [0.05, 0.1) is 22.0 Å². The van der Waals surface area contributed by atoms with Crippen molar-refractivity contribution in [2.45, 2.75) is 31.7 Å². The Morgan fingerprint density at radius 1 is 1.08 bits per heavy atom. The number of likely N-dealkylation sites (tertiary alicyclic amines) is 1. The number of nitrogens with one attached hydrogen (secondary N) is 3. The summed E-state index contributed by atoms with van der Waals surface area (Å²) in [5, 5.41) is 15.6. The third-order valence-electron chi connectivity index (χ3n) is 6.96. The molecule has 3 aromatic heterocycles. The molecule has 0 unspecified atom stereocenters. The number of H-pyrrole nitrogens is 1. The van der Waals surface area contributed by atoms with Gasteiger partial charge in [-0.2, -0.15) is 5.10 Å². The smallest absolute Gasteiger partial charge is 0.261 e. The Morgan fingerprint density at radius 2 is 1.95 bits per heavy atom. The number of piperidine rings is 1. The number of nitrogens with zero attached hydrogens (tertiary/aromatic N) is 4. The van der Waals surface area contributed by atoms with E-state index in [1.54, 1.807) is 6.20 Å². The van der Waals surface area contributed by atoms with E-state index < -0.39 is 0 Å². The first-order valence-electron chi connectivity index (χ1n) is 12.7. The number of carbonyl (C=O) groups is 1. The van der Waals surface area contributed by atoms with Gasteiger partial charge in [-0.3, -0.25) is 9.89 Å². The summed E-state index contributed by atoms with van der Waals surface area (Å²) in [6, 6.07) is 18.7. The number of benzene rings is 2. The number of hydrogen-bond acceptors (Lipinski definition) is 7. The van der Waals surface area contributed by atoms with Crippen LogP contribution < -0.4 is 10.6 Å². The van der Waals surface area contributed by atoms with Gasteiger partial charge in [0.2, 0.25) is 0 Å². The average molecular weight is 512 g/mol. The van der Waals surface area contributed by atoms with E-state index in [0.717, 1.165) is 72.1 Å². The van der Waals surface area contributed by atoms with Crippen LogP contribution in [0, 0.1) is 0 Å². The molecule has 0 atom stereocenters. The standard InChI is InChI=1S/C28H29N7OS/c36-27(33-21-10-13-35(14-11-21)12-4-7-19-5-2-1-3-6-19)25-16-23-26(29-18-30-28(23)37-25)32-22-9-8-20-17-31-34-24(20)15-22/h1-3,5-6,8-9,15-18,21H,4,7,10-14H2,(H,31,34)(H,33,36)(H,29,30,32). The van der Waals surface area contributed by atoms with Gasteiger partial charge in [-0.1, -0.05) is 30.3 Å². The first kappa shape index (κ1) is 23.6. The molecule has 5 aromatic rings. The Bertz CT molecular complexity index is 1510. The topological polar surface area (TPSA) is 98.8 Å². The maximum absolute atomic E-state index is 13.1. The summed E-state index contributed by atoms with van der Waals surface area (Å²) < 4.78 is 0. The largest absolute Gasteiger partial charge is 0.349 e. The summed E-state index contributed by atoms with van der Waals surface area (Å²) in [6.45, 7) is 3.15. The molecule has 0 aliphatic carbocycles. The highest BCUT2D eigenvalue weighted by atomic mass is 32.1. The van der Waals surface area contributed by atoms with Gasteiger partial charge in [-0.05, 0) is 62.1 Å². The lowest BCUT2D eigenvalue weighted by molar-refractivity contribution is 0.0915. The molecule has 0 bridgehead atoms. The van der Waals surface area contributed by atoms with Crippen LogP contribution in [-0.2, 0) is 6.42 Å². The number of rotatable bonds is 8. The van der Waals surface area contributed by atoms with Gasteiger partial charge >= 0.3 is 0 Å². The molecule has 6 rings (SSSR count). The molecule has 1 amide bonds. The predicted octanol–water partition coefficient (Wildman–Crippen LogP) is 5.14. The molecule has 4 heterocycles. The van der Waals surface area contributed by atoms with E-state index in [2.05, 4.69) is 66.0 Å². The maximum atomic E-state index is 13.1. The zero-order chi connectivity index (χ0) is 25.0. The highest BCUT2D eigenvalue weighted by Crippen LogP contribution is 2.30. The quantitative estimate of drug-likeness (QED) is 0.267. The summed E-state index contributed by atoms with van der Waals surface area (Å²) in [7, 11) is 0. The molecule has 9 heteroatoms. The molecule has 8 nitrogen and oxygen atoms in total. The molecular weight excluding hydrogens is 482 g/mol. The molecule has 37 heavy (non-hydrogen) atoms. The van der Waals surface area contributed by atoms with Gasteiger partial charge < -0.3 is 15.5 Å². The maximum Gasteiger partial charge on any atom is 0.261 e. The molecule has 1 fully saturated rings. The molecule has 188 valence electrons. The van der Waals surface area contributed by atoms with Crippen LogP contribution in [0.3, 0.4) is 0 Å². The number of aryl methyl sites for hydroxylation is 1. The lowest BCUT2D eigenvalue weighted by Crippen LogP contribution is -2.44. The fourth-order valence-electron chi connectivity index (χ4n) is 4.93. The van der Waals surface area contributed by atoms with Crippen molar-refractivity contribution in [3.05, 3.63) is 77.6 Å². The normalized spacial score (nSPS) is 14.8. The van der Waals surface area contributed by atoms with E-state index in [1.807, 2.05) is 24.3 Å². The lowest BCUT2D eigenvalue weighted by Gasteiger charge is -2.32. The van der Waals surface area contributed by atoms with Crippen LogP contribution in [0.25, 0.3) is 21.1 Å². The van der Waals surface area contributed by atoms with Crippen LogP contribution in [-0.4, -0.2) is 56.6 Å². The Morgan fingerprint density at radius 3 is 2.81 bits per heavy atom. The zero-order valence-corrected chi connectivity index (χ0v) is 21.3. The minimum absolute atomic E-state index is 0.0321. The summed E-state index contributed by atoms with van der Waals surface area (Å²) >= 11 is 1.40. The van der Waals surface area contributed by atoms with Crippen LogP contribution in [0.2, 0.25) is 0 Å². The third-order valence-corrected chi connectivity index (χ3v) is 8.01. The number of aromatic amines is 1. The molecule has 0 radical (unpaired) electrons. The number of fused-ring (bicyclic) bond motifs is 2. The van der Waals surface area contributed by atoms with Crippen molar-refractivity contribution in [1.29, 1.82) is 0 Å². The van der Waals surface area contributed by atoms with E-state index in [0.29, 0.717) is 10.7 Å². The Kier molecular flexibility index (Phi) is 6.79. The second-order valence-electron chi connectivity index (χ2n) is 9.53. The van der Waals surface area contributed by atoms with Gasteiger partial charge in [-0.25, -0.2) is 9.97 Å². The molecule has 0 saturated carbocycles. The van der Waals surface area contributed by atoms with Gasteiger partial charge in [0.1, 0.15) is 17.0 Å². The van der Waals surface area contributed by atoms with Crippen LogP contribution in [0.1, 0.15) is 34.5 Å². The predicted molar refractivity (Wildman–Crippen MR) is 148 cm³/mol. The number of hydrogen-bond donors (Lipinski definition) is 3. The molecule has 1 aliphatic rings. The number of thiophene rings is 1. The van der Waals surface area contributed by atoms with Crippen LogP contribution in [0.15, 0.2) is 67.1 Å². The first-order chi connectivity index (χ1) is 18.2. The van der Waals surface area contributed by atoms with Crippen LogP contribution in [0.5, 0.6) is 0 Å². The highest BCUT2D eigenvalue weighted by molar-refractivity contribution is 7.20. The number of anilines is 2. The van der Waals surface area contributed by atoms with Gasteiger partial charge in [-0.15, -0.1) is 11.3 Å². The van der Waals surface area contributed by atoms with Crippen molar-refractivity contribution < 1.29 is 4.79 Å². The van der Waals surface area contributed by atoms with E-state index in [-0.39, 0.29) is 11.9 Å². The van der Waals surface area contributed by atoms with Crippen molar-refractivity contribution in [2.24, 2.45) is 0 Å². The van der Waals surface area contributed by atoms with Crippen molar-refractivity contribution >= 4 is 49.9 Å². The van der Waals surface area contributed by atoms with Crippen molar-refractivity contribution in [3.63, 3.8) is 0 Å². The average Bonchev–Trinajstić information content (AvgIpc) is 3.58. The van der Waals surface area contributed by atoms with E-state index in [4.69, 9.17) is 0 Å². The SMILES string of the molecule is O=C(NC1CCN(CCCc2ccccc2)CC1)c1cc2c(Nc3ccc4cn[nH]c4c3)ncnc2s1. The van der Waals surface area contributed by atoms with Gasteiger partial charge in [0.15, 0.2) is 0 Å². The van der Waals surface area contributed by atoms with Crippen molar-refractivity contribution in [2.75, 3.05) is 25.0 Å². The number of carbonyl (C=O) groups excluding carboxylic acids is 1. The monoisotopic (exact) mass is 511 g/mol. The van der Waals surface area contributed by atoms with Crippen LogP contribution >= 0.6 is 11.3 Å². The molecule has 1 aliphatic heterocycles. The van der Waals surface area contributed by atoms with E-state index in [9.17, 15) is 4.79 Å². The molecule has 1 saturated heterocycles. The van der Waals surface area contributed by atoms with Gasteiger partial charge in [0.25, 0.3) is 5.91 Å². The summed E-state index contributed by atoms with van der Waals surface area (Å²) in [5.74, 6) is 0.651. The van der Waals surface area contributed by atoms with E-state index in [1.165, 1.54) is 23.2 Å². The minimum atomic E-state index is -0.0321. The van der Waals surface area contributed by atoms with Crippen LogP contribution in [0.4, 0.5) is 11.5 Å². The zero-order valence-electron chi connectivity index (χ0n) is 20.5. The Labute approximate surface area is 219 Å². The number of amides is 1. The fourth-order valence-corrected chi connectivity index (χ4v) is 5.83. The molecule has 2 aromatic carbocycles. The number of aromatic nitrogens is 4. The van der Waals surface area contributed by atoms with E-state index >= 15 is 0 Å². The minimum Gasteiger partial charge on any atom is -0.349 e. The summed E-state index contributed by atoms with van der Waals surface area (Å²) in [4.78, 5) is 25.9. The summed E-state index contributed by atoms with van der Waals surface area (Å²) in [6.07, 6.45) is 7.55. The van der Waals surface area contributed by atoms with Crippen molar-refractivity contribution in [1.82, 2.24) is 30.4 Å². The first-order valence-corrected chi connectivity index (χ1v) is 13.5. The third kappa shape index (κ3) is 5.47.